The van der Waals surface area contributed by atoms with Crippen molar-refractivity contribution in [3.05, 3.63) is 22.7 Å². The first-order valence-corrected chi connectivity index (χ1v) is 5.02. The standard InChI is InChI=1S/C6H4BrFO3S/c7-4-1-2-6(5(9)3-4)12(8,10)11/h1-3,9H. The Labute approximate surface area is 77.2 Å². The fourth-order valence-electron chi connectivity index (χ4n) is 0.697. The van der Waals surface area contributed by atoms with Crippen LogP contribution in [0.5, 0.6) is 5.75 Å². The topological polar surface area (TPSA) is 54.4 Å². The number of phenols is 1. The zero-order valence-corrected chi connectivity index (χ0v) is 8.06. The Kier molecular flexibility index (Phi) is 2.39. The molecule has 0 fully saturated rings. The second-order valence-corrected chi connectivity index (χ2v) is 4.28. The van der Waals surface area contributed by atoms with Crippen LogP contribution in [0, 0.1) is 0 Å². The Morgan fingerprint density at radius 2 is 2.00 bits per heavy atom. The van der Waals surface area contributed by atoms with Gasteiger partial charge < -0.3 is 5.11 Å². The van der Waals surface area contributed by atoms with Crippen LogP contribution in [-0.2, 0) is 10.2 Å². The van der Waals surface area contributed by atoms with E-state index in [0.717, 1.165) is 12.1 Å². The van der Waals surface area contributed by atoms with Crippen molar-refractivity contribution in [3.63, 3.8) is 0 Å². The minimum atomic E-state index is -4.82. The highest BCUT2D eigenvalue weighted by Crippen LogP contribution is 2.27. The first-order valence-electron chi connectivity index (χ1n) is 2.84. The van der Waals surface area contributed by atoms with E-state index in [1.54, 1.807) is 0 Å². The van der Waals surface area contributed by atoms with E-state index in [0.29, 0.717) is 4.47 Å². The number of phenolic OH excluding ortho intramolecular Hbond substituents is 1. The van der Waals surface area contributed by atoms with E-state index in [1.165, 1.54) is 6.07 Å². The van der Waals surface area contributed by atoms with Crippen LogP contribution in [0.4, 0.5) is 3.89 Å². The van der Waals surface area contributed by atoms with Gasteiger partial charge in [-0.25, -0.2) is 0 Å². The van der Waals surface area contributed by atoms with E-state index >= 15 is 0 Å². The molecular formula is C6H4BrFO3S. The second kappa shape index (κ2) is 3.02. The Balaban J connectivity index is 3.39. The monoisotopic (exact) mass is 254 g/mol. The number of benzene rings is 1. The van der Waals surface area contributed by atoms with Gasteiger partial charge in [-0.05, 0) is 18.2 Å². The van der Waals surface area contributed by atoms with Crippen LogP contribution in [0.1, 0.15) is 0 Å². The van der Waals surface area contributed by atoms with Crippen LogP contribution in [0.25, 0.3) is 0 Å². The van der Waals surface area contributed by atoms with E-state index in [-0.39, 0.29) is 0 Å². The van der Waals surface area contributed by atoms with Crippen molar-refractivity contribution in [3.8, 4) is 5.75 Å². The predicted octanol–water partition coefficient (Wildman–Crippen LogP) is 1.81. The van der Waals surface area contributed by atoms with E-state index in [4.69, 9.17) is 5.11 Å². The number of hydrogen-bond donors (Lipinski definition) is 1. The smallest absolute Gasteiger partial charge is 0.335 e. The van der Waals surface area contributed by atoms with Gasteiger partial charge in [0.25, 0.3) is 0 Å². The van der Waals surface area contributed by atoms with Crippen molar-refractivity contribution in [1.29, 1.82) is 0 Å². The lowest BCUT2D eigenvalue weighted by atomic mass is 10.3. The minimum Gasteiger partial charge on any atom is -0.506 e. The van der Waals surface area contributed by atoms with Gasteiger partial charge in [-0.2, -0.15) is 8.42 Å². The lowest BCUT2D eigenvalue weighted by Crippen LogP contribution is -1.91. The van der Waals surface area contributed by atoms with Gasteiger partial charge in [0.15, 0.2) is 0 Å². The third-order valence-corrected chi connectivity index (χ3v) is 2.55. The van der Waals surface area contributed by atoms with E-state index in [9.17, 15) is 12.3 Å². The predicted molar refractivity (Wildman–Crippen MR) is 44.1 cm³/mol. The van der Waals surface area contributed by atoms with E-state index in [2.05, 4.69) is 15.9 Å². The molecule has 3 nitrogen and oxygen atoms in total. The molecule has 12 heavy (non-hydrogen) atoms. The maximum absolute atomic E-state index is 12.3. The minimum absolute atomic E-state index is 0.479. The highest BCUT2D eigenvalue weighted by Gasteiger charge is 2.16. The molecule has 1 aromatic rings. The molecule has 0 aliphatic carbocycles. The quantitative estimate of drug-likeness (QED) is 0.778. The SMILES string of the molecule is O=S(=O)(F)c1ccc(Br)cc1O. The zero-order valence-electron chi connectivity index (χ0n) is 5.66. The van der Waals surface area contributed by atoms with Gasteiger partial charge in [-0.15, -0.1) is 3.89 Å². The van der Waals surface area contributed by atoms with Crippen molar-refractivity contribution in [2.75, 3.05) is 0 Å². The molecular weight excluding hydrogens is 251 g/mol. The van der Waals surface area contributed by atoms with Crippen LogP contribution in [0.2, 0.25) is 0 Å². The summed E-state index contributed by atoms with van der Waals surface area (Å²) >= 11 is 2.99. The first kappa shape index (κ1) is 9.47. The van der Waals surface area contributed by atoms with Crippen LogP contribution in [0.3, 0.4) is 0 Å². The van der Waals surface area contributed by atoms with E-state index in [1.807, 2.05) is 0 Å². The molecule has 0 spiro atoms. The summed E-state index contributed by atoms with van der Waals surface area (Å²) in [6.07, 6.45) is 0. The van der Waals surface area contributed by atoms with E-state index < -0.39 is 20.9 Å². The molecule has 6 heteroatoms. The van der Waals surface area contributed by atoms with Gasteiger partial charge in [0.05, 0.1) is 0 Å². The molecule has 0 aliphatic rings. The third kappa shape index (κ3) is 1.95. The summed E-state index contributed by atoms with van der Waals surface area (Å²) in [6.45, 7) is 0. The van der Waals surface area contributed by atoms with Crippen molar-refractivity contribution >= 4 is 26.2 Å². The maximum atomic E-state index is 12.3. The van der Waals surface area contributed by atoms with Gasteiger partial charge >= 0.3 is 10.2 Å². The Morgan fingerprint density at radius 3 is 2.42 bits per heavy atom. The fourth-order valence-corrected chi connectivity index (χ4v) is 1.59. The first-order chi connectivity index (χ1) is 5.41. The Bertz CT molecular complexity index is 401. The van der Waals surface area contributed by atoms with Gasteiger partial charge in [-0.1, -0.05) is 15.9 Å². The molecule has 0 bridgehead atoms. The molecule has 1 N–H and O–H groups in total. The highest BCUT2D eigenvalue weighted by molar-refractivity contribution is 9.10. The summed E-state index contributed by atoms with van der Waals surface area (Å²) < 4.78 is 33.4. The van der Waals surface area contributed by atoms with Gasteiger partial charge in [0.1, 0.15) is 10.6 Å². The molecule has 0 radical (unpaired) electrons. The molecule has 0 saturated carbocycles. The van der Waals surface area contributed by atoms with Gasteiger partial charge in [0, 0.05) is 4.47 Å². The summed E-state index contributed by atoms with van der Waals surface area (Å²) in [7, 11) is -4.82. The van der Waals surface area contributed by atoms with Crippen molar-refractivity contribution in [2.45, 2.75) is 4.90 Å². The summed E-state index contributed by atoms with van der Waals surface area (Å²) in [5, 5.41) is 8.98. The van der Waals surface area contributed by atoms with Crippen LogP contribution in [-0.4, -0.2) is 13.5 Å². The molecule has 1 rings (SSSR count). The third-order valence-electron chi connectivity index (χ3n) is 1.18. The number of hydrogen-bond acceptors (Lipinski definition) is 3. The summed E-state index contributed by atoms with van der Waals surface area (Å²) in [4.78, 5) is -0.717. The second-order valence-electron chi connectivity index (χ2n) is 2.05. The summed E-state index contributed by atoms with van der Waals surface area (Å²) in [6, 6.07) is 3.41. The summed E-state index contributed by atoms with van der Waals surface area (Å²) in [5.74, 6) is -0.605. The zero-order chi connectivity index (χ0) is 9.35. The Morgan fingerprint density at radius 1 is 1.42 bits per heavy atom. The maximum Gasteiger partial charge on any atom is 0.335 e. The van der Waals surface area contributed by atoms with Gasteiger partial charge in [-0.3, -0.25) is 0 Å². The normalized spacial score (nSPS) is 11.5. The van der Waals surface area contributed by atoms with Crippen molar-refractivity contribution < 1.29 is 17.4 Å². The molecule has 0 saturated heterocycles. The van der Waals surface area contributed by atoms with Crippen molar-refractivity contribution in [1.82, 2.24) is 0 Å². The largest absolute Gasteiger partial charge is 0.506 e. The van der Waals surface area contributed by atoms with Crippen molar-refractivity contribution in [2.24, 2.45) is 0 Å². The average Bonchev–Trinajstić information content (AvgIpc) is 1.83. The van der Waals surface area contributed by atoms with Crippen LogP contribution < -0.4 is 0 Å². The van der Waals surface area contributed by atoms with Gasteiger partial charge in [0.2, 0.25) is 0 Å². The molecule has 0 heterocycles. The lowest BCUT2D eigenvalue weighted by Gasteiger charge is -1.98. The number of rotatable bonds is 1. The molecule has 0 atom stereocenters. The molecule has 0 aromatic heterocycles. The van der Waals surface area contributed by atoms with Crippen LogP contribution >= 0.6 is 15.9 Å². The fraction of sp³-hybridized carbons (Fsp3) is 0. The highest BCUT2D eigenvalue weighted by atomic mass is 79.9. The lowest BCUT2D eigenvalue weighted by molar-refractivity contribution is 0.455. The molecule has 66 valence electrons. The van der Waals surface area contributed by atoms with Crippen LogP contribution in [0.15, 0.2) is 27.6 Å². The summed E-state index contributed by atoms with van der Waals surface area (Å²) in [5.41, 5.74) is 0. The number of halogens is 2. The Hall–Kier alpha value is -0.620. The molecule has 0 aliphatic heterocycles. The molecule has 0 unspecified atom stereocenters. The average molecular weight is 255 g/mol. The molecule has 1 aromatic carbocycles. The number of aromatic hydroxyl groups is 1. The molecule has 0 amide bonds.